The lowest BCUT2D eigenvalue weighted by Gasteiger charge is -2.31. The molecule has 1 fully saturated rings. The Kier molecular flexibility index (Phi) is 3.26. The molecule has 6 heteroatoms. The van der Waals surface area contributed by atoms with Crippen LogP contribution >= 0.6 is 0 Å². The molecule has 1 N–H and O–H groups in total. The minimum atomic E-state index is -1.34. The Bertz CT molecular complexity index is 547. The number of nitrogens with zero attached hydrogens (tertiary/aromatic N) is 1. The second-order valence-electron chi connectivity index (χ2n) is 4.76. The van der Waals surface area contributed by atoms with Gasteiger partial charge >= 0.3 is 5.97 Å². The predicted octanol–water partition coefficient (Wildman–Crippen LogP) is 2.04. The molecule has 1 aromatic carbocycles. The van der Waals surface area contributed by atoms with Crippen LogP contribution in [0, 0.1) is 11.6 Å². The predicted molar refractivity (Wildman–Crippen MR) is 62.7 cm³/mol. The number of amides is 1. The van der Waals surface area contributed by atoms with Crippen molar-refractivity contribution < 1.29 is 23.5 Å². The van der Waals surface area contributed by atoms with Crippen LogP contribution in [0.1, 0.15) is 30.1 Å². The van der Waals surface area contributed by atoms with E-state index in [-0.39, 0.29) is 12.1 Å². The topological polar surface area (TPSA) is 57.6 Å². The molecule has 19 heavy (non-hydrogen) atoms. The molecule has 1 aliphatic heterocycles. The lowest BCUT2D eigenvalue weighted by Crippen LogP contribution is -2.50. The minimum absolute atomic E-state index is 0.248. The van der Waals surface area contributed by atoms with Crippen LogP contribution in [-0.2, 0) is 4.79 Å². The van der Waals surface area contributed by atoms with E-state index in [1.807, 2.05) is 0 Å². The summed E-state index contributed by atoms with van der Waals surface area (Å²) < 4.78 is 26.4. The average Bonchev–Trinajstić information content (AvgIpc) is 2.72. The van der Waals surface area contributed by atoms with Crippen LogP contribution in [0.25, 0.3) is 0 Å². The van der Waals surface area contributed by atoms with Gasteiger partial charge in [0.1, 0.15) is 17.2 Å². The first-order valence-electron chi connectivity index (χ1n) is 5.86. The Morgan fingerprint density at radius 1 is 1.37 bits per heavy atom. The van der Waals surface area contributed by atoms with E-state index < -0.39 is 29.0 Å². The summed E-state index contributed by atoms with van der Waals surface area (Å²) in [5, 5.41) is 9.20. The summed E-state index contributed by atoms with van der Waals surface area (Å²) in [6, 6.07) is 2.62. The Morgan fingerprint density at radius 3 is 2.63 bits per heavy atom. The molecule has 102 valence electrons. The fourth-order valence-electron chi connectivity index (χ4n) is 2.32. The van der Waals surface area contributed by atoms with Crippen molar-refractivity contribution in [1.29, 1.82) is 0 Å². The molecule has 1 atom stereocenters. The first kappa shape index (κ1) is 13.5. The molecule has 4 nitrogen and oxygen atoms in total. The number of benzene rings is 1. The molecule has 0 aliphatic carbocycles. The lowest BCUT2D eigenvalue weighted by atomic mass is 9.98. The molecule has 1 unspecified atom stereocenters. The van der Waals surface area contributed by atoms with Crippen LogP contribution in [0.4, 0.5) is 8.78 Å². The van der Waals surface area contributed by atoms with E-state index in [9.17, 15) is 23.5 Å². The van der Waals surface area contributed by atoms with E-state index in [0.717, 1.165) is 17.0 Å². The van der Waals surface area contributed by atoms with E-state index in [1.54, 1.807) is 0 Å². The molecule has 1 saturated heterocycles. The summed E-state index contributed by atoms with van der Waals surface area (Å²) in [5.41, 5.74) is -1.64. The van der Waals surface area contributed by atoms with Gasteiger partial charge < -0.3 is 10.0 Å². The number of carboxylic acid groups (broad SMARTS) is 1. The van der Waals surface area contributed by atoms with Gasteiger partial charge in [-0.2, -0.15) is 0 Å². The molecule has 1 amide bonds. The summed E-state index contributed by atoms with van der Waals surface area (Å²) >= 11 is 0. The number of likely N-dealkylation sites (tertiary alicyclic amines) is 1. The van der Waals surface area contributed by atoms with Gasteiger partial charge in [0, 0.05) is 12.6 Å². The van der Waals surface area contributed by atoms with E-state index in [2.05, 4.69) is 0 Å². The van der Waals surface area contributed by atoms with E-state index in [0.29, 0.717) is 18.9 Å². The molecular formula is C13H13F2NO3. The second kappa shape index (κ2) is 4.60. The van der Waals surface area contributed by atoms with Gasteiger partial charge in [0.2, 0.25) is 0 Å². The Hall–Kier alpha value is -1.98. The number of aliphatic carboxylic acids is 1. The fourth-order valence-corrected chi connectivity index (χ4v) is 2.32. The number of hydrogen-bond donors (Lipinski definition) is 1. The van der Waals surface area contributed by atoms with Crippen LogP contribution in [-0.4, -0.2) is 34.0 Å². The van der Waals surface area contributed by atoms with Crippen LogP contribution in [0.15, 0.2) is 18.2 Å². The number of carbonyl (C=O) groups excluding carboxylic acids is 1. The number of hydrogen-bond acceptors (Lipinski definition) is 2. The molecule has 0 bridgehead atoms. The van der Waals surface area contributed by atoms with Crippen molar-refractivity contribution >= 4 is 11.9 Å². The summed E-state index contributed by atoms with van der Waals surface area (Å²) in [6.07, 6.45) is 0.855. The van der Waals surface area contributed by atoms with E-state index in [1.165, 1.54) is 6.92 Å². The number of rotatable bonds is 2. The molecule has 0 aromatic heterocycles. The maximum Gasteiger partial charge on any atom is 0.329 e. The van der Waals surface area contributed by atoms with Crippen LogP contribution < -0.4 is 0 Å². The van der Waals surface area contributed by atoms with Crippen LogP contribution in [0.5, 0.6) is 0 Å². The van der Waals surface area contributed by atoms with Gasteiger partial charge in [-0.15, -0.1) is 0 Å². The maximum absolute atomic E-state index is 13.6. The number of halogens is 2. The maximum atomic E-state index is 13.6. The van der Waals surface area contributed by atoms with Gasteiger partial charge in [-0.25, -0.2) is 13.6 Å². The van der Waals surface area contributed by atoms with Crippen LogP contribution in [0.3, 0.4) is 0 Å². The Labute approximate surface area is 108 Å². The van der Waals surface area contributed by atoms with Gasteiger partial charge in [0.05, 0.1) is 5.56 Å². The summed E-state index contributed by atoms with van der Waals surface area (Å²) in [7, 11) is 0. The highest BCUT2D eigenvalue weighted by atomic mass is 19.1. The molecule has 0 radical (unpaired) electrons. The van der Waals surface area contributed by atoms with Gasteiger partial charge in [-0.05, 0) is 31.9 Å². The highest BCUT2D eigenvalue weighted by molar-refractivity contribution is 5.98. The summed E-state index contributed by atoms with van der Waals surface area (Å²) in [4.78, 5) is 24.6. The van der Waals surface area contributed by atoms with Gasteiger partial charge in [0.25, 0.3) is 5.91 Å². The standard InChI is InChI=1S/C13H13F2NO3/c1-13(12(18)19)5-2-6-16(13)11(17)9-4-3-8(14)7-10(9)15/h3-4,7H,2,5-6H2,1H3,(H,18,19). The van der Waals surface area contributed by atoms with Crippen molar-refractivity contribution in [2.75, 3.05) is 6.54 Å². The van der Waals surface area contributed by atoms with Crippen molar-refractivity contribution in [1.82, 2.24) is 4.90 Å². The van der Waals surface area contributed by atoms with E-state index >= 15 is 0 Å². The van der Waals surface area contributed by atoms with Gasteiger partial charge in [-0.3, -0.25) is 4.79 Å². The average molecular weight is 269 g/mol. The smallest absolute Gasteiger partial charge is 0.329 e. The third kappa shape index (κ3) is 2.18. The normalized spacial score (nSPS) is 22.6. The van der Waals surface area contributed by atoms with Crippen molar-refractivity contribution in [3.8, 4) is 0 Å². The molecular weight excluding hydrogens is 256 g/mol. The van der Waals surface area contributed by atoms with Crippen molar-refractivity contribution in [3.63, 3.8) is 0 Å². The quantitative estimate of drug-likeness (QED) is 0.893. The summed E-state index contributed by atoms with van der Waals surface area (Å²) in [5.74, 6) is -3.61. The second-order valence-corrected chi connectivity index (χ2v) is 4.76. The monoisotopic (exact) mass is 269 g/mol. The largest absolute Gasteiger partial charge is 0.480 e. The highest BCUT2D eigenvalue weighted by Crippen LogP contribution is 2.31. The lowest BCUT2D eigenvalue weighted by molar-refractivity contribution is -0.147. The van der Waals surface area contributed by atoms with Gasteiger partial charge in [-0.1, -0.05) is 0 Å². The number of carboxylic acids is 1. The molecule has 1 aromatic rings. The first-order valence-corrected chi connectivity index (χ1v) is 5.86. The van der Waals surface area contributed by atoms with Crippen LogP contribution in [0.2, 0.25) is 0 Å². The first-order chi connectivity index (χ1) is 8.86. The third-order valence-electron chi connectivity index (χ3n) is 3.51. The van der Waals surface area contributed by atoms with Crippen molar-refractivity contribution in [2.24, 2.45) is 0 Å². The molecule has 2 rings (SSSR count). The number of carbonyl (C=O) groups is 2. The van der Waals surface area contributed by atoms with Crippen molar-refractivity contribution in [2.45, 2.75) is 25.3 Å². The Balaban J connectivity index is 2.36. The van der Waals surface area contributed by atoms with Gasteiger partial charge in [0.15, 0.2) is 0 Å². The molecule has 0 saturated carbocycles. The zero-order valence-corrected chi connectivity index (χ0v) is 10.3. The SMILES string of the molecule is CC1(C(=O)O)CCCN1C(=O)c1ccc(F)cc1F. The zero-order valence-electron chi connectivity index (χ0n) is 10.3. The molecule has 0 spiro atoms. The third-order valence-corrected chi connectivity index (χ3v) is 3.51. The molecule has 1 heterocycles. The fraction of sp³-hybridized carbons (Fsp3) is 0.385. The summed E-state index contributed by atoms with van der Waals surface area (Å²) in [6.45, 7) is 1.68. The minimum Gasteiger partial charge on any atom is -0.480 e. The van der Waals surface area contributed by atoms with E-state index in [4.69, 9.17) is 0 Å². The highest BCUT2D eigenvalue weighted by Gasteiger charge is 2.46. The van der Waals surface area contributed by atoms with Crippen molar-refractivity contribution in [3.05, 3.63) is 35.4 Å². The Morgan fingerprint density at radius 2 is 2.05 bits per heavy atom. The zero-order chi connectivity index (χ0) is 14.2. The molecule has 1 aliphatic rings.